The third kappa shape index (κ3) is 3.94. The molecule has 160 valence electrons. The summed E-state index contributed by atoms with van der Waals surface area (Å²) in [6.07, 6.45) is 3.08. The fourth-order valence-corrected chi connectivity index (χ4v) is 4.17. The first-order chi connectivity index (χ1) is 15.0. The minimum atomic E-state index is -0.784. The van der Waals surface area contributed by atoms with Crippen molar-refractivity contribution in [3.05, 3.63) is 57.2 Å². The van der Waals surface area contributed by atoms with Crippen molar-refractivity contribution in [3.63, 3.8) is 0 Å². The van der Waals surface area contributed by atoms with E-state index in [9.17, 15) is 4.39 Å². The van der Waals surface area contributed by atoms with Crippen LogP contribution in [0.2, 0.25) is 5.02 Å². The molecule has 3 aromatic rings. The Morgan fingerprint density at radius 1 is 1.19 bits per heavy atom. The lowest BCUT2D eigenvalue weighted by Gasteiger charge is -2.29. The van der Waals surface area contributed by atoms with Gasteiger partial charge in [0.05, 0.1) is 24.2 Å². The fourth-order valence-electron chi connectivity index (χ4n) is 3.88. The molecular formula is C21H19ClF2N6O. The molecule has 7 nitrogen and oxygen atoms in total. The van der Waals surface area contributed by atoms with Gasteiger partial charge in [-0.1, -0.05) is 22.8 Å². The quantitative estimate of drug-likeness (QED) is 0.273. The lowest BCUT2D eigenvalue weighted by atomic mass is 10.0. The molecule has 1 aliphatic heterocycles. The van der Waals surface area contributed by atoms with E-state index >= 15 is 4.39 Å². The van der Waals surface area contributed by atoms with Crippen LogP contribution in [0.3, 0.4) is 0 Å². The lowest BCUT2D eigenvalue weighted by Crippen LogP contribution is -2.30. The van der Waals surface area contributed by atoms with Crippen molar-refractivity contribution < 1.29 is 13.5 Å². The Morgan fingerprint density at radius 3 is 2.68 bits per heavy atom. The van der Waals surface area contributed by atoms with E-state index < -0.39 is 11.6 Å². The fraction of sp³-hybridized carbons (Fsp3) is 0.333. The van der Waals surface area contributed by atoms with Gasteiger partial charge in [0.2, 0.25) is 0 Å². The molecular weight excluding hydrogens is 426 g/mol. The van der Waals surface area contributed by atoms with E-state index in [-0.39, 0.29) is 39.8 Å². The number of anilines is 1. The van der Waals surface area contributed by atoms with E-state index in [0.717, 1.165) is 32.4 Å². The highest BCUT2D eigenvalue weighted by atomic mass is 35.5. The molecule has 2 aromatic carbocycles. The Labute approximate surface area is 182 Å². The van der Waals surface area contributed by atoms with E-state index in [1.54, 1.807) is 6.07 Å². The van der Waals surface area contributed by atoms with Crippen molar-refractivity contribution in [3.8, 4) is 16.9 Å². The van der Waals surface area contributed by atoms with Crippen LogP contribution in [0.5, 0.6) is 5.75 Å². The van der Waals surface area contributed by atoms with E-state index in [4.69, 9.17) is 21.9 Å². The highest BCUT2D eigenvalue weighted by molar-refractivity contribution is 6.34. The summed E-state index contributed by atoms with van der Waals surface area (Å²) in [6.45, 7) is 1.39. The number of benzene rings is 2. The standard InChI is InChI=1S/C21H19ClF2N6O/c1-31-15-7-5-6-14(23)18(15)17-13(22)10-12-20(19(17)24)27-16(11-26-29-25)28-21(12)30-8-3-2-4-9-30/h5-7,10H,2-4,8-9,11H2,1H3. The van der Waals surface area contributed by atoms with Crippen molar-refractivity contribution >= 4 is 28.3 Å². The van der Waals surface area contributed by atoms with Gasteiger partial charge >= 0.3 is 0 Å². The molecule has 4 rings (SSSR count). The number of azide groups is 1. The van der Waals surface area contributed by atoms with Crippen molar-refractivity contribution in [2.75, 3.05) is 25.1 Å². The summed E-state index contributed by atoms with van der Waals surface area (Å²) in [7, 11) is 1.37. The van der Waals surface area contributed by atoms with Gasteiger partial charge in [-0.3, -0.25) is 0 Å². The number of nitrogens with zero attached hydrogens (tertiary/aromatic N) is 6. The van der Waals surface area contributed by atoms with E-state index in [2.05, 4.69) is 20.0 Å². The zero-order chi connectivity index (χ0) is 22.0. The Bertz CT molecular complexity index is 1190. The second-order valence-corrected chi connectivity index (χ2v) is 7.57. The first-order valence-corrected chi connectivity index (χ1v) is 10.2. The molecule has 0 spiro atoms. The van der Waals surface area contributed by atoms with E-state index in [0.29, 0.717) is 11.2 Å². The number of ether oxygens (including phenoxy) is 1. The molecule has 1 fully saturated rings. The molecule has 0 radical (unpaired) electrons. The summed E-state index contributed by atoms with van der Waals surface area (Å²) in [5.74, 6) is -0.591. The maximum Gasteiger partial charge on any atom is 0.159 e. The number of aromatic nitrogens is 2. The van der Waals surface area contributed by atoms with Crippen LogP contribution in [0.4, 0.5) is 14.6 Å². The molecule has 0 unspecified atom stereocenters. The van der Waals surface area contributed by atoms with Crippen LogP contribution in [0, 0.1) is 11.6 Å². The second-order valence-electron chi connectivity index (χ2n) is 7.16. The minimum Gasteiger partial charge on any atom is -0.496 e. The number of rotatable bonds is 5. The molecule has 0 atom stereocenters. The maximum absolute atomic E-state index is 15.8. The van der Waals surface area contributed by atoms with Gasteiger partial charge < -0.3 is 9.64 Å². The van der Waals surface area contributed by atoms with Gasteiger partial charge in [-0.05, 0) is 43.0 Å². The first kappa shape index (κ1) is 21.1. The summed E-state index contributed by atoms with van der Waals surface area (Å²) in [5.41, 5.74) is 8.45. The third-order valence-electron chi connectivity index (χ3n) is 5.29. The average Bonchev–Trinajstić information content (AvgIpc) is 2.79. The van der Waals surface area contributed by atoms with Gasteiger partial charge in [-0.15, -0.1) is 0 Å². The summed E-state index contributed by atoms with van der Waals surface area (Å²) in [5, 5.41) is 3.96. The Kier molecular flexibility index (Phi) is 6.06. The van der Waals surface area contributed by atoms with Crippen LogP contribution >= 0.6 is 11.6 Å². The van der Waals surface area contributed by atoms with Crippen molar-refractivity contribution in [2.45, 2.75) is 25.8 Å². The number of halogens is 3. The normalized spacial score (nSPS) is 13.9. The topological polar surface area (TPSA) is 87.0 Å². The van der Waals surface area contributed by atoms with Crippen LogP contribution in [-0.2, 0) is 6.54 Å². The number of piperidine rings is 1. The number of hydrogen-bond donors (Lipinski definition) is 0. The highest BCUT2D eigenvalue weighted by Gasteiger charge is 2.25. The van der Waals surface area contributed by atoms with Crippen LogP contribution in [0.1, 0.15) is 25.1 Å². The number of hydrogen-bond acceptors (Lipinski definition) is 5. The van der Waals surface area contributed by atoms with E-state index in [1.807, 2.05) is 4.90 Å². The maximum atomic E-state index is 15.8. The zero-order valence-corrected chi connectivity index (χ0v) is 17.5. The van der Waals surface area contributed by atoms with Crippen molar-refractivity contribution in [2.24, 2.45) is 5.11 Å². The van der Waals surface area contributed by atoms with Crippen LogP contribution in [-0.4, -0.2) is 30.2 Å². The van der Waals surface area contributed by atoms with Gasteiger partial charge in [-0.2, -0.15) is 0 Å². The third-order valence-corrected chi connectivity index (χ3v) is 5.58. The molecule has 0 amide bonds. The predicted molar refractivity (Wildman–Crippen MR) is 115 cm³/mol. The van der Waals surface area contributed by atoms with Gasteiger partial charge in [0.25, 0.3) is 0 Å². The molecule has 2 heterocycles. The molecule has 1 saturated heterocycles. The first-order valence-electron chi connectivity index (χ1n) is 9.82. The Balaban J connectivity index is 2.01. The smallest absolute Gasteiger partial charge is 0.159 e. The number of fused-ring (bicyclic) bond motifs is 1. The van der Waals surface area contributed by atoms with Crippen molar-refractivity contribution in [1.82, 2.24) is 9.97 Å². The average molecular weight is 445 g/mol. The summed E-state index contributed by atoms with van der Waals surface area (Å²) < 4.78 is 35.8. The second kappa shape index (κ2) is 8.91. The molecule has 0 saturated carbocycles. The molecule has 0 aliphatic carbocycles. The van der Waals surface area contributed by atoms with Gasteiger partial charge in [0, 0.05) is 29.0 Å². The summed E-state index contributed by atoms with van der Waals surface area (Å²) in [4.78, 5) is 13.6. The molecule has 31 heavy (non-hydrogen) atoms. The molecule has 10 heteroatoms. The largest absolute Gasteiger partial charge is 0.496 e. The molecule has 1 aromatic heterocycles. The van der Waals surface area contributed by atoms with E-state index in [1.165, 1.54) is 25.3 Å². The van der Waals surface area contributed by atoms with Crippen LogP contribution in [0.25, 0.3) is 32.5 Å². The number of methoxy groups -OCH3 is 1. The SMILES string of the molecule is COc1cccc(F)c1-c1c(Cl)cc2c(N3CCCCC3)nc(CN=[N+]=[N-])nc2c1F. The van der Waals surface area contributed by atoms with Crippen LogP contribution in [0.15, 0.2) is 29.4 Å². The Morgan fingerprint density at radius 2 is 1.97 bits per heavy atom. The lowest BCUT2D eigenvalue weighted by molar-refractivity contribution is 0.413. The molecule has 0 bridgehead atoms. The highest BCUT2D eigenvalue weighted by Crippen LogP contribution is 2.42. The summed E-state index contributed by atoms with van der Waals surface area (Å²) >= 11 is 6.48. The van der Waals surface area contributed by atoms with Crippen LogP contribution < -0.4 is 9.64 Å². The van der Waals surface area contributed by atoms with Gasteiger partial charge in [0.1, 0.15) is 28.7 Å². The summed E-state index contributed by atoms with van der Waals surface area (Å²) in [6, 6.07) is 5.77. The predicted octanol–water partition coefficient (Wildman–Crippen LogP) is 6.04. The van der Waals surface area contributed by atoms with Gasteiger partial charge in [-0.25, -0.2) is 18.7 Å². The van der Waals surface area contributed by atoms with Gasteiger partial charge in [0.15, 0.2) is 5.82 Å². The molecule has 1 aliphatic rings. The minimum absolute atomic E-state index is 0.0107. The monoisotopic (exact) mass is 444 g/mol. The Hall–Kier alpha value is -3.16. The zero-order valence-electron chi connectivity index (χ0n) is 16.8. The van der Waals surface area contributed by atoms with Crippen molar-refractivity contribution in [1.29, 1.82) is 0 Å². The molecule has 0 N–H and O–H groups in total.